The smallest absolute Gasteiger partial charge is 0.211 e. The molecule has 5 heteroatoms. The third-order valence-electron chi connectivity index (χ3n) is 3.72. The van der Waals surface area contributed by atoms with Crippen molar-refractivity contribution in [3.8, 4) is 0 Å². The number of benzene rings is 1. The highest BCUT2D eigenvalue weighted by Gasteiger charge is 2.18. The molecule has 0 fully saturated rings. The minimum Gasteiger partial charge on any atom is -0.212 e. The van der Waals surface area contributed by atoms with Crippen LogP contribution in [0.1, 0.15) is 40.6 Å². The number of hydrogen-bond acceptors (Lipinski definition) is 3. The Labute approximate surface area is 144 Å². The molecule has 23 heavy (non-hydrogen) atoms. The van der Waals surface area contributed by atoms with Crippen molar-refractivity contribution in [1.29, 1.82) is 0 Å². The Bertz CT molecular complexity index is 718. The van der Waals surface area contributed by atoms with E-state index < -0.39 is 10.0 Å². The van der Waals surface area contributed by atoms with Crippen LogP contribution in [0, 0.1) is 6.92 Å². The van der Waals surface area contributed by atoms with Crippen LogP contribution in [0.15, 0.2) is 36.4 Å². The third kappa shape index (κ3) is 5.75. The normalized spacial score (nSPS) is 12.0. The highest BCUT2D eigenvalue weighted by molar-refractivity contribution is 7.88. The second-order valence-corrected chi connectivity index (χ2v) is 9.05. The Kier molecular flexibility index (Phi) is 6.39. The van der Waals surface area contributed by atoms with Crippen molar-refractivity contribution in [3.05, 3.63) is 64.2 Å². The van der Waals surface area contributed by atoms with E-state index in [-0.39, 0.29) is 0 Å². The van der Waals surface area contributed by atoms with Crippen molar-refractivity contribution < 1.29 is 8.42 Å². The summed E-state index contributed by atoms with van der Waals surface area (Å²) < 4.78 is 25.7. The molecular formula is C18H24NO2S2. The van der Waals surface area contributed by atoms with Gasteiger partial charge in [-0.05, 0) is 43.0 Å². The molecule has 0 atom stereocenters. The van der Waals surface area contributed by atoms with Gasteiger partial charge in [0.2, 0.25) is 10.0 Å². The number of hydrogen-bond donors (Lipinski definition) is 0. The predicted octanol–water partition coefficient (Wildman–Crippen LogP) is 4.23. The first-order valence-electron chi connectivity index (χ1n) is 7.82. The molecule has 0 spiro atoms. The van der Waals surface area contributed by atoms with Crippen molar-refractivity contribution in [2.45, 2.75) is 39.3 Å². The number of nitrogens with zero attached hydrogens (tertiary/aromatic N) is 1. The lowest BCUT2D eigenvalue weighted by Gasteiger charge is -2.19. The van der Waals surface area contributed by atoms with Gasteiger partial charge in [-0.15, -0.1) is 11.3 Å². The van der Waals surface area contributed by atoms with Crippen molar-refractivity contribution >= 4 is 21.4 Å². The summed E-state index contributed by atoms with van der Waals surface area (Å²) in [4.78, 5) is 1.97. The molecule has 0 amide bonds. The molecule has 1 heterocycles. The van der Waals surface area contributed by atoms with Gasteiger partial charge in [-0.2, -0.15) is 4.31 Å². The van der Waals surface area contributed by atoms with Gasteiger partial charge in [0, 0.05) is 22.8 Å². The lowest BCUT2D eigenvalue weighted by molar-refractivity contribution is 0.408. The maximum Gasteiger partial charge on any atom is 0.211 e. The van der Waals surface area contributed by atoms with E-state index >= 15 is 0 Å². The van der Waals surface area contributed by atoms with Gasteiger partial charge in [0.1, 0.15) is 0 Å². The van der Waals surface area contributed by atoms with E-state index in [1.54, 1.807) is 0 Å². The highest BCUT2D eigenvalue weighted by Crippen LogP contribution is 2.20. The predicted molar refractivity (Wildman–Crippen MR) is 97.9 cm³/mol. The summed E-state index contributed by atoms with van der Waals surface area (Å²) in [7, 11) is -3.26. The first-order chi connectivity index (χ1) is 10.9. The molecule has 0 N–H and O–H groups in total. The van der Waals surface area contributed by atoms with Crippen LogP contribution < -0.4 is 0 Å². The molecular weight excluding hydrogens is 326 g/mol. The standard InChI is InChI=1S/C18H24NO2S2/c1-4-5-6-16-8-10-17(11-9-16)13-19(23(3,20)21)14-18-12-7-15(2)22-18/h7-12H,2,4-6,13-14H2,1,3H3. The summed E-state index contributed by atoms with van der Waals surface area (Å²) in [5.74, 6) is 0. The average molecular weight is 351 g/mol. The van der Waals surface area contributed by atoms with Gasteiger partial charge < -0.3 is 0 Å². The van der Waals surface area contributed by atoms with E-state index in [0.717, 1.165) is 21.7 Å². The second-order valence-electron chi connectivity index (χ2n) is 5.82. The molecule has 2 aromatic rings. The lowest BCUT2D eigenvalue weighted by atomic mass is 10.1. The second kappa shape index (κ2) is 8.08. The zero-order valence-corrected chi connectivity index (χ0v) is 15.4. The molecule has 0 saturated carbocycles. The first-order valence-corrected chi connectivity index (χ1v) is 10.5. The molecule has 1 aromatic carbocycles. The van der Waals surface area contributed by atoms with E-state index in [2.05, 4.69) is 26.0 Å². The quantitative estimate of drug-likeness (QED) is 0.714. The molecule has 0 saturated heterocycles. The van der Waals surface area contributed by atoms with Crippen molar-refractivity contribution in [3.63, 3.8) is 0 Å². The molecule has 125 valence electrons. The summed E-state index contributed by atoms with van der Waals surface area (Å²) in [5.41, 5.74) is 2.32. The number of aryl methyl sites for hydroxylation is 1. The topological polar surface area (TPSA) is 37.4 Å². The van der Waals surface area contributed by atoms with Crippen molar-refractivity contribution in [2.24, 2.45) is 0 Å². The van der Waals surface area contributed by atoms with Crippen LogP contribution in [0.3, 0.4) is 0 Å². The molecule has 0 bridgehead atoms. The minimum absolute atomic E-state index is 0.399. The number of sulfonamides is 1. The van der Waals surface area contributed by atoms with Crippen molar-refractivity contribution in [1.82, 2.24) is 4.31 Å². The van der Waals surface area contributed by atoms with Crippen LogP contribution >= 0.6 is 11.3 Å². The zero-order chi connectivity index (χ0) is 16.9. The number of unbranched alkanes of at least 4 members (excludes halogenated alkanes) is 1. The lowest BCUT2D eigenvalue weighted by Crippen LogP contribution is -2.28. The van der Waals surface area contributed by atoms with E-state index in [0.29, 0.717) is 13.1 Å². The average Bonchev–Trinajstić information content (AvgIpc) is 2.90. The fourth-order valence-corrected chi connectivity index (χ4v) is 4.04. The summed E-state index contributed by atoms with van der Waals surface area (Å²) in [6, 6.07) is 12.1. The van der Waals surface area contributed by atoms with Gasteiger partial charge in [0.15, 0.2) is 0 Å². The van der Waals surface area contributed by atoms with Crippen LogP contribution in [-0.2, 0) is 29.5 Å². The maximum atomic E-state index is 12.1. The Hall–Kier alpha value is -1.17. The molecule has 0 aliphatic heterocycles. The van der Waals surface area contributed by atoms with Gasteiger partial charge in [-0.3, -0.25) is 0 Å². The zero-order valence-electron chi connectivity index (χ0n) is 13.8. The van der Waals surface area contributed by atoms with Crippen LogP contribution in [0.25, 0.3) is 0 Å². The molecule has 0 aliphatic carbocycles. The monoisotopic (exact) mass is 350 g/mol. The van der Waals surface area contributed by atoms with Gasteiger partial charge in [0.25, 0.3) is 0 Å². The summed E-state index contributed by atoms with van der Waals surface area (Å²) in [5, 5.41) is 0. The van der Waals surface area contributed by atoms with Crippen LogP contribution in [0.2, 0.25) is 0 Å². The molecule has 1 radical (unpaired) electrons. The Morgan fingerprint density at radius 1 is 1.04 bits per heavy atom. The summed E-state index contributed by atoms with van der Waals surface area (Å²) >= 11 is 1.54. The van der Waals surface area contributed by atoms with E-state index in [4.69, 9.17) is 0 Å². The van der Waals surface area contributed by atoms with Gasteiger partial charge >= 0.3 is 0 Å². The van der Waals surface area contributed by atoms with Crippen LogP contribution in [0.5, 0.6) is 0 Å². The Morgan fingerprint density at radius 2 is 1.70 bits per heavy atom. The first kappa shape index (κ1) is 18.2. The molecule has 2 rings (SSSR count). The van der Waals surface area contributed by atoms with E-state index in [1.165, 1.54) is 40.3 Å². The Balaban J connectivity index is 2.08. The molecule has 3 nitrogen and oxygen atoms in total. The van der Waals surface area contributed by atoms with Crippen LogP contribution in [-0.4, -0.2) is 19.0 Å². The SMILES string of the molecule is [CH2]c1ccc(CN(Cc2ccc(CCCC)cc2)S(C)(=O)=O)s1. The summed E-state index contributed by atoms with van der Waals surface area (Å²) in [6.07, 6.45) is 4.70. The van der Waals surface area contributed by atoms with Gasteiger partial charge in [-0.25, -0.2) is 8.42 Å². The molecule has 0 aliphatic rings. The fraction of sp³-hybridized carbons (Fsp3) is 0.389. The maximum absolute atomic E-state index is 12.1. The van der Waals surface area contributed by atoms with Gasteiger partial charge in [0.05, 0.1) is 6.26 Å². The largest absolute Gasteiger partial charge is 0.212 e. The van der Waals surface area contributed by atoms with Crippen LogP contribution in [0.4, 0.5) is 0 Å². The molecule has 0 unspecified atom stereocenters. The molecule has 1 aromatic heterocycles. The van der Waals surface area contributed by atoms with Gasteiger partial charge in [-0.1, -0.05) is 37.6 Å². The van der Waals surface area contributed by atoms with E-state index in [1.807, 2.05) is 24.3 Å². The Morgan fingerprint density at radius 3 is 2.22 bits per heavy atom. The summed E-state index contributed by atoms with van der Waals surface area (Å²) in [6.45, 7) is 6.86. The number of thiophene rings is 1. The minimum atomic E-state index is -3.26. The van der Waals surface area contributed by atoms with E-state index in [9.17, 15) is 8.42 Å². The highest BCUT2D eigenvalue weighted by atomic mass is 32.2. The van der Waals surface area contributed by atoms with Crippen molar-refractivity contribution in [2.75, 3.05) is 6.26 Å². The number of rotatable bonds is 8. The fourth-order valence-electron chi connectivity index (χ4n) is 2.37. The third-order valence-corrected chi connectivity index (χ3v) is 5.84.